The molecule has 0 amide bonds. The van der Waals surface area contributed by atoms with Crippen molar-refractivity contribution in [1.82, 2.24) is 0 Å². The number of benzene rings is 4. The second kappa shape index (κ2) is 24.1. The molecular formula is C55H81O12P3Si3. The highest BCUT2D eigenvalue weighted by Gasteiger charge is 2.55. The van der Waals surface area contributed by atoms with Crippen molar-refractivity contribution < 1.29 is 54.0 Å². The first-order valence-electron chi connectivity index (χ1n) is 26.1. The second-order valence-corrected chi connectivity index (χ2v) is 40.8. The zero-order valence-electron chi connectivity index (χ0n) is 45.4. The van der Waals surface area contributed by atoms with E-state index in [0.29, 0.717) is 39.5 Å². The molecule has 4 heterocycles. The average Bonchev–Trinajstić information content (AvgIpc) is 4.07. The van der Waals surface area contributed by atoms with Crippen molar-refractivity contribution >= 4 is 71.5 Å². The molecule has 18 heteroatoms. The van der Waals surface area contributed by atoms with Crippen LogP contribution in [0.4, 0.5) is 0 Å². The molecule has 5 unspecified atom stereocenters. The molecule has 4 aliphatic heterocycles. The predicted molar refractivity (Wildman–Crippen MR) is 301 cm³/mol. The monoisotopic (exact) mass is 1110 g/mol. The van der Waals surface area contributed by atoms with E-state index in [1.165, 1.54) is 20.7 Å². The Bertz CT molecular complexity index is 2250. The Morgan fingerprint density at radius 3 is 1.37 bits per heavy atom. The second-order valence-electron chi connectivity index (χ2n) is 23.5. The molecule has 0 bridgehead atoms. The maximum atomic E-state index is 7.40. The summed E-state index contributed by atoms with van der Waals surface area (Å²) in [6.45, 7) is 31.2. The molecule has 4 aromatic rings. The Balaban J connectivity index is 1.01. The first-order chi connectivity index (χ1) is 34.6. The molecule has 0 aromatic heterocycles. The quantitative estimate of drug-likeness (QED) is 0.0658. The standard InChI is InChI=1S/C55H81O12P3Si3/c1-14-48-52(50(39-58-48)64-71(12,13)53(3,4)5)63-70-66-68(61-43-35-42(56-37-43)38-59-72(54(6,7)8,44-27-19-15-20-28-44)45-29-21-16-22-30-45)65-69(67-70)62-51-41(2)36-57-49(51)40-60-73(55(9,10)11,46-31-23-17-24-32-46)47-33-25-18-26-34-47/h15-34,41-43,48-52H,14,35-40H2,1-13H3/t41-,42+,43+,48-,49-,50-,51?,52?,68?,69?,70?/m1/s1. The van der Waals surface area contributed by atoms with Crippen molar-refractivity contribution in [2.24, 2.45) is 5.92 Å². The summed E-state index contributed by atoms with van der Waals surface area (Å²) >= 11 is 0. The van der Waals surface area contributed by atoms with Crippen LogP contribution in [0.25, 0.3) is 0 Å². The third-order valence-electron chi connectivity index (χ3n) is 15.2. The van der Waals surface area contributed by atoms with E-state index in [2.05, 4.69) is 211 Å². The molecule has 0 aliphatic carbocycles. The van der Waals surface area contributed by atoms with Crippen LogP contribution in [0.15, 0.2) is 121 Å². The first-order valence-corrected chi connectivity index (χ1v) is 36.1. The summed E-state index contributed by atoms with van der Waals surface area (Å²) in [5, 5.41) is 4.46. The van der Waals surface area contributed by atoms with Gasteiger partial charge in [0.2, 0.25) is 0 Å². The Kier molecular flexibility index (Phi) is 19.0. The van der Waals surface area contributed by atoms with Crippen LogP contribution in [-0.2, 0) is 54.0 Å². The number of rotatable bonds is 19. The van der Waals surface area contributed by atoms with Gasteiger partial charge in [0.1, 0.15) is 12.2 Å². The Labute approximate surface area is 443 Å². The summed E-state index contributed by atoms with van der Waals surface area (Å²) in [6, 6.07) is 42.7. The van der Waals surface area contributed by atoms with E-state index in [9.17, 15) is 0 Å². The minimum atomic E-state index is -2.88. The van der Waals surface area contributed by atoms with Gasteiger partial charge in [0.15, 0.2) is 8.32 Å². The van der Waals surface area contributed by atoms with Gasteiger partial charge in [-0.15, -0.1) is 0 Å². The third-order valence-corrected chi connectivity index (χ3v) is 34.3. The summed E-state index contributed by atoms with van der Waals surface area (Å²) in [4.78, 5) is 0. The normalized spacial score (nSPS) is 28.7. The van der Waals surface area contributed by atoms with Crippen LogP contribution < -0.4 is 20.7 Å². The van der Waals surface area contributed by atoms with Gasteiger partial charge in [-0.05, 0) is 55.4 Å². The lowest BCUT2D eigenvalue weighted by molar-refractivity contribution is 0.00729. The van der Waals surface area contributed by atoms with Crippen LogP contribution in [0.2, 0.25) is 28.2 Å². The molecule has 12 nitrogen and oxygen atoms in total. The van der Waals surface area contributed by atoms with Gasteiger partial charge in [-0.3, -0.25) is 0 Å². The smallest absolute Gasteiger partial charge is 0.347 e. The molecule has 0 saturated carbocycles. The van der Waals surface area contributed by atoms with Crippen molar-refractivity contribution in [2.45, 2.75) is 160 Å². The van der Waals surface area contributed by atoms with Crippen molar-refractivity contribution in [3.05, 3.63) is 121 Å². The molecular weight excluding hydrogens is 1030 g/mol. The van der Waals surface area contributed by atoms with Gasteiger partial charge in [0.05, 0.1) is 63.6 Å². The van der Waals surface area contributed by atoms with Crippen LogP contribution in [0.5, 0.6) is 0 Å². The van der Waals surface area contributed by atoms with E-state index in [-0.39, 0.29) is 45.4 Å². The predicted octanol–water partition coefficient (Wildman–Crippen LogP) is 12.1. The summed E-state index contributed by atoms with van der Waals surface area (Å²) < 4.78 is 81.5. The fraction of sp³-hybridized carbons (Fsp3) is 0.564. The van der Waals surface area contributed by atoms with Crippen molar-refractivity contribution in [3.63, 3.8) is 0 Å². The largest absolute Gasteiger partial charge is 0.409 e. The van der Waals surface area contributed by atoms with Crippen LogP contribution in [0.3, 0.4) is 0 Å². The number of hydrogen-bond acceptors (Lipinski definition) is 12. The van der Waals surface area contributed by atoms with Gasteiger partial charge in [0.25, 0.3) is 16.6 Å². The first kappa shape index (κ1) is 57.5. The van der Waals surface area contributed by atoms with Gasteiger partial charge >= 0.3 is 25.8 Å². The SMILES string of the molecule is CC[C@H]1OC[C@@H](O[Si](C)(C)C(C)(C)C)C1OP1OP(OC2[C@H](C)CO[C@@H]2CO[Si](c2ccccc2)(c2ccccc2)C(C)(C)C)OP(O[C@@H]2CO[C@H](CO[Si](c3ccccc3)(c3ccccc3)C(C)(C)C)C2)O1. The van der Waals surface area contributed by atoms with E-state index in [1.807, 2.05) is 0 Å². The average molecular weight is 1110 g/mol. The minimum Gasteiger partial charge on any atom is -0.409 e. The molecule has 8 rings (SSSR count). The van der Waals surface area contributed by atoms with E-state index < -0.39 is 69.1 Å². The van der Waals surface area contributed by atoms with Crippen LogP contribution in [-0.4, -0.2) is 101 Å². The molecule has 4 aromatic carbocycles. The fourth-order valence-corrected chi connectivity index (χ4v) is 25.7. The van der Waals surface area contributed by atoms with Crippen LogP contribution in [0, 0.1) is 5.92 Å². The van der Waals surface area contributed by atoms with E-state index in [4.69, 9.17) is 54.0 Å². The molecule has 0 N–H and O–H groups in total. The minimum absolute atomic E-state index is 0.00746. The van der Waals surface area contributed by atoms with Crippen molar-refractivity contribution in [2.75, 3.05) is 33.0 Å². The molecule has 4 fully saturated rings. The Morgan fingerprint density at radius 1 is 0.507 bits per heavy atom. The Hall–Kier alpha value is -1.66. The highest BCUT2D eigenvalue weighted by molar-refractivity contribution is 7.69. The van der Waals surface area contributed by atoms with Gasteiger partial charge in [0, 0.05) is 12.3 Å². The van der Waals surface area contributed by atoms with E-state index in [1.54, 1.807) is 0 Å². The topological polar surface area (TPSA) is 111 Å². The number of ether oxygens (including phenoxy) is 3. The molecule has 11 atom stereocenters. The highest BCUT2D eigenvalue weighted by Crippen LogP contribution is 2.74. The lowest BCUT2D eigenvalue weighted by Gasteiger charge is -2.43. The van der Waals surface area contributed by atoms with E-state index in [0.717, 1.165) is 6.42 Å². The zero-order valence-corrected chi connectivity index (χ0v) is 51.0. The van der Waals surface area contributed by atoms with Crippen LogP contribution in [0.1, 0.15) is 89.0 Å². The van der Waals surface area contributed by atoms with Crippen molar-refractivity contribution in [1.29, 1.82) is 0 Å². The molecule has 0 radical (unpaired) electrons. The lowest BCUT2D eigenvalue weighted by atomic mass is 10.1. The van der Waals surface area contributed by atoms with Gasteiger partial charge in [-0.2, -0.15) is 0 Å². The molecule has 0 spiro atoms. The molecule has 73 heavy (non-hydrogen) atoms. The zero-order chi connectivity index (χ0) is 52.2. The summed E-state index contributed by atoms with van der Waals surface area (Å²) in [5.74, 6) is 0.0131. The summed E-state index contributed by atoms with van der Waals surface area (Å²) in [7, 11) is -14.0. The summed E-state index contributed by atoms with van der Waals surface area (Å²) in [6.07, 6.45) is -0.973. The lowest BCUT2D eigenvalue weighted by Crippen LogP contribution is -2.67. The maximum Gasteiger partial charge on any atom is 0.347 e. The molecule has 4 aliphatic rings. The Morgan fingerprint density at radius 2 is 0.932 bits per heavy atom. The van der Waals surface area contributed by atoms with Gasteiger partial charge < -0.3 is 41.1 Å². The van der Waals surface area contributed by atoms with Crippen LogP contribution >= 0.6 is 25.8 Å². The molecule has 400 valence electrons. The van der Waals surface area contributed by atoms with Gasteiger partial charge in [-0.25, -0.2) is 12.9 Å². The maximum absolute atomic E-state index is 7.40. The fourth-order valence-electron chi connectivity index (χ4n) is 10.4. The summed E-state index contributed by atoms with van der Waals surface area (Å²) in [5.41, 5.74) is 0. The number of hydrogen-bond donors (Lipinski definition) is 0. The van der Waals surface area contributed by atoms with Gasteiger partial charge in [-0.1, -0.05) is 197 Å². The van der Waals surface area contributed by atoms with Crippen molar-refractivity contribution in [3.8, 4) is 0 Å². The van der Waals surface area contributed by atoms with E-state index >= 15 is 0 Å². The molecule has 4 saturated heterocycles. The third kappa shape index (κ3) is 12.9. The highest BCUT2D eigenvalue weighted by atomic mass is 31.3.